The SMILES string of the molecule is COc1ccc(CNc2nc(CCOCC(=O)O)nc3sc4c(c23)CCCC4)cc1Cl. The number of nitrogens with one attached hydrogen (secondary N) is 1. The van der Waals surface area contributed by atoms with Gasteiger partial charge in [0.15, 0.2) is 0 Å². The minimum Gasteiger partial charge on any atom is -0.495 e. The van der Waals surface area contributed by atoms with Gasteiger partial charge in [-0.1, -0.05) is 17.7 Å². The van der Waals surface area contributed by atoms with E-state index in [0.717, 1.165) is 34.4 Å². The predicted molar refractivity (Wildman–Crippen MR) is 122 cm³/mol. The Morgan fingerprint density at radius 1 is 1.29 bits per heavy atom. The van der Waals surface area contributed by atoms with Gasteiger partial charge in [0.25, 0.3) is 0 Å². The molecule has 7 nitrogen and oxygen atoms in total. The van der Waals surface area contributed by atoms with Gasteiger partial charge < -0.3 is 19.9 Å². The van der Waals surface area contributed by atoms with Gasteiger partial charge >= 0.3 is 5.97 Å². The maximum atomic E-state index is 10.7. The molecule has 0 saturated heterocycles. The molecule has 31 heavy (non-hydrogen) atoms. The summed E-state index contributed by atoms with van der Waals surface area (Å²) in [6, 6.07) is 5.71. The monoisotopic (exact) mass is 461 g/mol. The fourth-order valence-corrected chi connectivity index (χ4v) is 5.33. The number of methoxy groups -OCH3 is 1. The van der Waals surface area contributed by atoms with Gasteiger partial charge in [0.1, 0.15) is 28.8 Å². The van der Waals surface area contributed by atoms with E-state index in [1.54, 1.807) is 18.4 Å². The van der Waals surface area contributed by atoms with Crippen LogP contribution >= 0.6 is 22.9 Å². The Morgan fingerprint density at radius 3 is 2.90 bits per heavy atom. The molecule has 1 aliphatic rings. The third-order valence-corrected chi connectivity index (χ3v) is 6.71. The molecule has 1 aromatic carbocycles. The largest absolute Gasteiger partial charge is 0.495 e. The Labute approximate surface area is 189 Å². The van der Waals surface area contributed by atoms with Gasteiger partial charge in [0, 0.05) is 17.8 Å². The zero-order valence-electron chi connectivity index (χ0n) is 17.2. The number of carboxylic acids is 1. The lowest BCUT2D eigenvalue weighted by Gasteiger charge is -2.14. The van der Waals surface area contributed by atoms with E-state index in [9.17, 15) is 4.79 Å². The second-order valence-corrected chi connectivity index (χ2v) is 8.89. The molecule has 2 heterocycles. The molecule has 1 aliphatic carbocycles. The van der Waals surface area contributed by atoms with Crippen LogP contribution in [0, 0.1) is 0 Å². The van der Waals surface area contributed by atoms with Crippen LogP contribution in [-0.4, -0.2) is 41.4 Å². The van der Waals surface area contributed by atoms with E-state index in [-0.39, 0.29) is 13.2 Å². The highest BCUT2D eigenvalue weighted by Crippen LogP contribution is 2.39. The number of aryl methyl sites for hydroxylation is 2. The van der Waals surface area contributed by atoms with Gasteiger partial charge in [-0.3, -0.25) is 0 Å². The molecule has 4 rings (SSSR count). The molecular formula is C22H24ClN3O4S. The lowest BCUT2D eigenvalue weighted by atomic mass is 9.97. The number of ether oxygens (including phenoxy) is 2. The van der Waals surface area contributed by atoms with Crippen LogP contribution in [0.5, 0.6) is 5.75 Å². The van der Waals surface area contributed by atoms with Crippen molar-refractivity contribution in [1.82, 2.24) is 9.97 Å². The lowest BCUT2D eigenvalue weighted by Crippen LogP contribution is -2.11. The molecule has 0 saturated carbocycles. The zero-order valence-corrected chi connectivity index (χ0v) is 18.8. The summed E-state index contributed by atoms with van der Waals surface area (Å²) in [5.74, 6) is 1.12. The number of hydrogen-bond donors (Lipinski definition) is 2. The molecule has 2 aromatic heterocycles. The number of anilines is 1. The Bertz CT molecular complexity index is 1100. The third-order valence-electron chi connectivity index (χ3n) is 5.23. The first-order valence-corrected chi connectivity index (χ1v) is 11.4. The Balaban J connectivity index is 1.60. The van der Waals surface area contributed by atoms with Crippen LogP contribution in [0.25, 0.3) is 10.2 Å². The van der Waals surface area contributed by atoms with Crippen LogP contribution < -0.4 is 10.1 Å². The van der Waals surface area contributed by atoms with E-state index in [4.69, 9.17) is 36.1 Å². The van der Waals surface area contributed by atoms with Gasteiger partial charge in [0.05, 0.1) is 24.1 Å². The number of carbonyl (C=O) groups is 1. The van der Waals surface area contributed by atoms with Gasteiger partial charge in [-0.05, 0) is 48.9 Å². The number of rotatable bonds is 9. The first-order valence-electron chi connectivity index (χ1n) is 10.2. The molecule has 2 N–H and O–H groups in total. The number of aromatic nitrogens is 2. The highest BCUT2D eigenvalue weighted by atomic mass is 35.5. The minimum atomic E-state index is -0.984. The quantitative estimate of drug-likeness (QED) is 0.453. The molecule has 164 valence electrons. The van der Waals surface area contributed by atoms with Crippen molar-refractivity contribution in [2.75, 3.05) is 25.6 Å². The average Bonchev–Trinajstić information content (AvgIpc) is 3.13. The van der Waals surface area contributed by atoms with Crippen molar-refractivity contribution in [2.45, 2.75) is 38.6 Å². The average molecular weight is 462 g/mol. The van der Waals surface area contributed by atoms with E-state index >= 15 is 0 Å². The van der Waals surface area contributed by atoms with Crippen LogP contribution in [-0.2, 0) is 35.3 Å². The topological polar surface area (TPSA) is 93.6 Å². The van der Waals surface area contributed by atoms with Crippen LogP contribution in [0.2, 0.25) is 5.02 Å². The fraction of sp³-hybridized carbons (Fsp3) is 0.409. The van der Waals surface area contributed by atoms with E-state index in [1.165, 1.54) is 23.3 Å². The summed E-state index contributed by atoms with van der Waals surface area (Å²) in [5, 5.41) is 13.9. The summed E-state index contributed by atoms with van der Waals surface area (Å²) in [6.07, 6.45) is 4.96. The molecule has 0 atom stereocenters. The van der Waals surface area contributed by atoms with Gasteiger partial charge in [0.2, 0.25) is 0 Å². The smallest absolute Gasteiger partial charge is 0.329 e. The molecule has 0 radical (unpaired) electrons. The Morgan fingerprint density at radius 2 is 2.13 bits per heavy atom. The normalized spacial score (nSPS) is 13.2. The molecular weight excluding hydrogens is 438 g/mol. The first kappa shape index (κ1) is 21.8. The summed E-state index contributed by atoms with van der Waals surface area (Å²) in [6.45, 7) is 0.505. The van der Waals surface area contributed by atoms with E-state index in [2.05, 4.69) is 5.32 Å². The fourth-order valence-electron chi connectivity index (χ4n) is 3.77. The maximum absolute atomic E-state index is 10.7. The first-order chi connectivity index (χ1) is 15.0. The van der Waals surface area contributed by atoms with Gasteiger partial charge in [-0.25, -0.2) is 14.8 Å². The summed E-state index contributed by atoms with van der Waals surface area (Å²) >= 11 is 8.01. The predicted octanol–water partition coefficient (Wildman–Crippen LogP) is 4.49. The number of carboxylic acid groups (broad SMARTS) is 1. The standard InChI is InChI=1S/C22H24ClN3O4S/c1-29-16-7-6-13(10-15(16)23)11-24-21-20-14-4-2-3-5-17(14)31-22(20)26-18(25-21)8-9-30-12-19(27)28/h6-7,10H,2-5,8-9,11-12H2,1H3,(H,27,28)(H,24,25,26). The molecule has 0 fully saturated rings. The van der Waals surface area contributed by atoms with Crippen LogP contribution in [0.4, 0.5) is 5.82 Å². The van der Waals surface area contributed by atoms with Crippen molar-refractivity contribution in [3.8, 4) is 5.75 Å². The lowest BCUT2D eigenvalue weighted by molar-refractivity contribution is -0.142. The second-order valence-electron chi connectivity index (χ2n) is 7.40. The Hall–Kier alpha value is -2.42. The summed E-state index contributed by atoms with van der Waals surface area (Å²) in [7, 11) is 1.60. The second kappa shape index (κ2) is 9.80. The van der Waals surface area contributed by atoms with Crippen molar-refractivity contribution < 1.29 is 19.4 Å². The molecule has 0 amide bonds. The molecule has 0 unspecified atom stereocenters. The van der Waals surface area contributed by atoms with Crippen molar-refractivity contribution in [3.05, 3.63) is 45.1 Å². The number of fused-ring (bicyclic) bond motifs is 3. The summed E-state index contributed by atoms with van der Waals surface area (Å²) in [5.41, 5.74) is 2.38. The maximum Gasteiger partial charge on any atom is 0.329 e. The van der Waals surface area contributed by atoms with E-state index < -0.39 is 5.97 Å². The Kier molecular flexibility index (Phi) is 6.89. The highest BCUT2D eigenvalue weighted by molar-refractivity contribution is 7.19. The molecule has 0 spiro atoms. The number of benzene rings is 1. The number of hydrogen-bond acceptors (Lipinski definition) is 7. The van der Waals surface area contributed by atoms with Crippen LogP contribution in [0.15, 0.2) is 18.2 Å². The molecule has 0 aliphatic heterocycles. The third kappa shape index (κ3) is 5.08. The van der Waals surface area contributed by atoms with E-state index in [1.807, 2.05) is 18.2 Å². The van der Waals surface area contributed by atoms with Gasteiger partial charge in [-0.15, -0.1) is 11.3 Å². The number of aliphatic carboxylic acids is 1. The molecule has 9 heteroatoms. The van der Waals surface area contributed by atoms with Crippen LogP contribution in [0.1, 0.15) is 34.7 Å². The van der Waals surface area contributed by atoms with Gasteiger partial charge in [-0.2, -0.15) is 0 Å². The van der Waals surface area contributed by atoms with Crippen molar-refractivity contribution in [1.29, 1.82) is 0 Å². The van der Waals surface area contributed by atoms with Crippen LogP contribution in [0.3, 0.4) is 0 Å². The van der Waals surface area contributed by atoms with Crippen molar-refractivity contribution >= 4 is 44.9 Å². The van der Waals surface area contributed by atoms with Crippen molar-refractivity contribution in [3.63, 3.8) is 0 Å². The molecule has 0 bridgehead atoms. The summed E-state index contributed by atoms with van der Waals surface area (Å²) in [4.78, 5) is 22.5. The van der Waals surface area contributed by atoms with Crippen molar-refractivity contribution in [2.24, 2.45) is 0 Å². The minimum absolute atomic E-state index is 0.260. The number of thiophene rings is 1. The highest BCUT2D eigenvalue weighted by Gasteiger charge is 2.21. The van der Waals surface area contributed by atoms with E-state index in [0.29, 0.717) is 29.6 Å². The molecule has 3 aromatic rings. The zero-order chi connectivity index (χ0) is 21.8. The number of halogens is 1. The summed E-state index contributed by atoms with van der Waals surface area (Å²) < 4.78 is 10.4. The number of nitrogens with zero attached hydrogens (tertiary/aromatic N) is 2.